The van der Waals surface area contributed by atoms with Gasteiger partial charge in [-0.2, -0.15) is 0 Å². The van der Waals surface area contributed by atoms with Crippen molar-refractivity contribution in [3.8, 4) is 0 Å². The molecule has 5 heteroatoms. The van der Waals surface area contributed by atoms with Crippen LogP contribution in [0.3, 0.4) is 0 Å². The summed E-state index contributed by atoms with van der Waals surface area (Å²) >= 11 is 0. The van der Waals surface area contributed by atoms with Crippen molar-refractivity contribution < 1.29 is 19.2 Å². The van der Waals surface area contributed by atoms with Gasteiger partial charge in [0.2, 0.25) is 0 Å². The van der Waals surface area contributed by atoms with Gasteiger partial charge in [0.05, 0.1) is 11.1 Å². The third-order valence-electron chi connectivity index (χ3n) is 2.07. The van der Waals surface area contributed by atoms with E-state index >= 15 is 0 Å². The van der Waals surface area contributed by atoms with Crippen LogP contribution in [-0.4, -0.2) is 23.4 Å². The highest BCUT2D eigenvalue weighted by Gasteiger charge is 2.40. The summed E-state index contributed by atoms with van der Waals surface area (Å²) in [6.45, 7) is 0. The summed E-state index contributed by atoms with van der Waals surface area (Å²) in [5, 5.41) is 1.93. The van der Waals surface area contributed by atoms with E-state index in [1.165, 1.54) is 0 Å². The van der Waals surface area contributed by atoms with Gasteiger partial charge in [-0.25, -0.2) is 0 Å². The molecule has 0 bridgehead atoms. The van der Waals surface area contributed by atoms with Crippen molar-refractivity contribution in [1.29, 1.82) is 0 Å². The molecule has 1 heterocycles. The number of amides is 2. The molecule has 5 nitrogen and oxygen atoms in total. The van der Waals surface area contributed by atoms with Crippen molar-refractivity contribution in [3.05, 3.63) is 11.1 Å². The summed E-state index contributed by atoms with van der Waals surface area (Å²) in [5.41, 5.74) is -0.498. The molecule has 0 aromatic heterocycles. The molecule has 1 aliphatic carbocycles. The van der Waals surface area contributed by atoms with Crippen LogP contribution in [0.15, 0.2) is 11.1 Å². The highest BCUT2D eigenvalue weighted by molar-refractivity contribution is 6.42. The molecule has 66 valence electrons. The predicted octanol–water partition coefficient (Wildman–Crippen LogP) is -1.13. The Morgan fingerprint density at radius 2 is 1.15 bits per heavy atom. The summed E-state index contributed by atoms with van der Waals surface area (Å²) in [5.74, 6) is -2.31. The second kappa shape index (κ2) is 2.35. The molecule has 1 aliphatic heterocycles. The van der Waals surface area contributed by atoms with Gasteiger partial charge in [0.15, 0.2) is 11.6 Å². The van der Waals surface area contributed by atoms with Crippen LogP contribution in [0, 0.1) is 0 Å². The Morgan fingerprint density at radius 1 is 0.769 bits per heavy atom. The molecular formula is C8H5NO4. The average molecular weight is 179 g/mol. The lowest BCUT2D eigenvalue weighted by molar-refractivity contribution is -0.125. The number of rotatable bonds is 0. The van der Waals surface area contributed by atoms with Gasteiger partial charge in [-0.1, -0.05) is 0 Å². The fourth-order valence-corrected chi connectivity index (χ4v) is 1.46. The van der Waals surface area contributed by atoms with Gasteiger partial charge in [0.25, 0.3) is 11.8 Å². The van der Waals surface area contributed by atoms with Crippen molar-refractivity contribution >= 4 is 23.4 Å². The molecule has 0 saturated heterocycles. The first kappa shape index (κ1) is 7.85. The van der Waals surface area contributed by atoms with Crippen molar-refractivity contribution in [3.63, 3.8) is 0 Å². The van der Waals surface area contributed by atoms with Gasteiger partial charge >= 0.3 is 0 Å². The van der Waals surface area contributed by atoms with Gasteiger partial charge < -0.3 is 0 Å². The maximum atomic E-state index is 11.2. The first-order valence-corrected chi connectivity index (χ1v) is 3.77. The smallest absolute Gasteiger partial charge is 0.262 e. The number of imide groups is 1. The number of hydrogen-bond acceptors (Lipinski definition) is 4. The minimum absolute atomic E-state index is 0.0262. The molecule has 0 radical (unpaired) electrons. The molecule has 13 heavy (non-hydrogen) atoms. The van der Waals surface area contributed by atoms with Crippen molar-refractivity contribution in [2.45, 2.75) is 12.8 Å². The third kappa shape index (κ3) is 0.932. The fraction of sp³-hybridized carbons (Fsp3) is 0.250. The molecule has 0 aromatic carbocycles. The number of carbonyl (C=O) groups excluding carboxylic acids is 4. The van der Waals surface area contributed by atoms with Gasteiger partial charge in [0, 0.05) is 12.8 Å². The second-order valence-electron chi connectivity index (χ2n) is 2.88. The summed E-state index contributed by atoms with van der Waals surface area (Å²) in [6, 6.07) is 0. The van der Waals surface area contributed by atoms with Crippen LogP contribution >= 0.6 is 0 Å². The molecule has 2 amide bonds. The monoisotopic (exact) mass is 179 g/mol. The molecule has 0 aromatic rings. The lowest BCUT2D eigenvalue weighted by atomic mass is 9.91. The van der Waals surface area contributed by atoms with Crippen molar-refractivity contribution in [2.75, 3.05) is 0 Å². The second-order valence-corrected chi connectivity index (χ2v) is 2.88. The molecule has 0 spiro atoms. The first-order valence-electron chi connectivity index (χ1n) is 3.77. The van der Waals surface area contributed by atoms with E-state index < -0.39 is 23.4 Å². The topological polar surface area (TPSA) is 80.3 Å². The Bertz CT molecular complexity index is 355. The van der Waals surface area contributed by atoms with E-state index in [0.29, 0.717) is 0 Å². The van der Waals surface area contributed by atoms with E-state index in [1.807, 2.05) is 5.32 Å². The Balaban J connectivity index is 2.62. The van der Waals surface area contributed by atoms with E-state index in [4.69, 9.17) is 0 Å². The normalized spacial score (nSPS) is 22.2. The van der Waals surface area contributed by atoms with Crippen LogP contribution in [0.1, 0.15) is 12.8 Å². The predicted molar refractivity (Wildman–Crippen MR) is 39.4 cm³/mol. The number of hydrogen-bond donors (Lipinski definition) is 1. The lowest BCUT2D eigenvalue weighted by Gasteiger charge is -2.06. The van der Waals surface area contributed by atoms with Gasteiger partial charge in [-0.3, -0.25) is 24.5 Å². The summed E-state index contributed by atoms with van der Waals surface area (Å²) in [7, 11) is 0. The largest absolute Gasteiger partial charge is 0.294 e. The molecule has 0 saturated carbocycles. The van der Waals surface area contributed by atoms with Gasteiger partial charge in [0.1, 0.15) is 0 Å². The fourth-order valence-electron chi connectivity index (χ4n) is 1.46. The number of ketones is 2. The average Bonchev–Trinajstić information content (AvgIpc) is 2.36. The quantitative estimate of drug-likeness (QED) is 0.377. The molecule has 0 atom stereocenters. The minimum Gasteiger partial charge on any atom is -0.294 e. The number of carbonyl (C=O) groups is 4. The number of Topliss-reactive ketones (excluding diaryl/α,β-unsaturated/α-hetero) is 2. The standard InChI is InChI=1S/C8H5NO4/c10-3-1-2-4(11)6-5(3)7(12)9-8(6)13/h1-2H2,(H,9,12,13). The zero-order valence-electron chi connectivity index (χ0n) is 6.55. The third-order valence-corrected chi connectivity index (χ3v) is 2.07. The van der Waals surface area contributed by atoms with Gasteiger partial charge in [-0.15, -0.1) is 0 Å². The van der Waals surface area contributed by atoms with Crippen LogP contribution in [0.25, 0.3) is 0 Å². The molecule has 2 aliphatic rings. The van der Waals surface area contributed by atoms with Crippen LogP contribution in [-0.2, 0) is 19.2 Å². The molecule has 1 N–H and O–H groups in total. The summed E-state index contributed by atoms with van der Waals surface area (Å²) < 4.78 is 0. The maximum Gasteiger partial charge on any atom is 0.262 e. The number of nitrogens with one attached hydrogen (secondary N) is 1. The van der Waals surface area contributed by atoms with Crippen molar-refractivity contribution in [2.24, 2.45) is 0 Å². The maximum absolute atomic E-state index is 11.2. The summed E-state index contributed by atoms with van der Waals surface area (Å²) in [6.07, 6.45) is 0.0523. The van der Waals surface area contributed by atoms with Crippen LogP contribution < -0.4 is 5.32 Å². The Hall–Kier alpha value is -1.78. The van der Waals surface area contributed by atoms with E-state index in [9.17, 15) is 19.2 Å². The van der Waals surface area contributed by atoms with E-state index in [1.54, 1.807) is 0 Å². The molecular weight excluding hydrogens is 174 g/mol. The zero-order chi connectivity index (χ0) is 9.59. The zero-order valence-corrected chi connectivity index (χ0v) is 6.55. The Labute approximate surface area is 72.8 Å². The molecule has 0 unspecified atom stereocenters. The van der Waals surface area contributed by atoms with E-state index in [0.717, 1.165) is 0 Å². The summed E-state index contributed by atoms with van der Waals surface area (Å²) in [4.78, 5) is 44.3. The Morgan fingerprint density at radius 3 is 1.54 bits per heavy atom. The van der Waals surface area contributed by atoms with E-state index in [2.05, 4.69) is 0 Å². The van der Waals surface area contributed by atoms with Crippen molar-refractivity contribution in [1.82, 2.24) is 5.32 Å². The first-order chi connectivity index (χ1) is 6.11. The van der Waals surface area contributed by atoms with Gasteiger partial charge in [-0.05, 0) is 0 Å². The van der Waals surface area contributed by atoms with Crippen LogP contribution in [0.4, 0.5) is 0 Å². The van der Waals surface area contributed by atoms with Crippen LogP contribution in [0.2, 0.25) is 0 Å². The minimum atomic E-state index is -0.738. The highest BCUT2D eigenvalue weighted by Crippen LogP contribution is 2.23. The van der Waals surface area contributed by atoms with E-state index in [-0.39, 0.29) is 24.0 Å². The Kier molecular flexibility index (Phi) is 1.42. The van der Waals surface area contributed by atoms with Crippen LogP contribution in [0.5, 0.6) is 0 Å². The highest BCUT2D eigenvalue weighted by atomic mass is 16.2. The molecule has 0 fully saturated rings. The molecule has 2 rings (SSSR count). The lowest BCUT2D eigenvalue weighted by Crippen LogP contribution is -2.24. The SMILES string of the molecule is O=C1CCC(=O)C2=C1C(=O)NC2=O.